The van der Waals surface area contributed by atoms with Crippen molar-refractivity contribution < 1.29 is 23.4 Å². The number of halogens is 3. The molecule has 32 heavy (non-hydrogen) atoms. The lowest BCUT2D eigenvalue weighted by atomic mass is 9.93. The molecule has 0 spiro atoms. The summed E-state index contributed by atoms with van der Waals surface area (Å²) in [7, 11) is 1.31. The molecule has 8 heteroatoms. The van der Waals surface area contributed by atoms with Crippen molar-refractivity contribution in [2.45, 2.75) is 19.1 Å². The van der Waals surface area contributed by atoms with Crippen molar-refractivity contribution in [3.05, 3.63) is 99.6 Å². The van der Waals surface area contributed by atoms with Gasteiger partial charge in [0.1, 0.15) is 0 Å². The van der Waals surface area contributed by atoms with Crippen LogP contribution >= 0.6 is 11.6 Å². The van der Waals surface area contributed by atoms with E-state index in [0.29, 0.717) is 5.56 Å². The first-order chi connectivity index (χ1) is 15.2. The SMILES string of the molecule is COc1ccc(C(=O)N2N=C(c3cccc(Cl)c3F)CC2(O)c2ccc(C)cc2)cc1F. The van der Waals surface area contributed by atoms with E-state index >= 15 is 0 Å². The quantitative estimate of drug-likeness (QED) is 0.599. The minimum absolute atomic E-state index is 0.0260. The Morgan fingerprint density at radius 1 is 1.16 bits per heavy atom. The summed E-state index contributed by atoms with van der Waals surface area (Å²) in [5.41, 5.74) is -0.426. The molecule has 3 aromatic carbocycles. The van der Waals surface area contributed by atoms with E-state index < -0.39 is 23.3 Å². The van der Waals surface area contributed by atoms with Crippen molar-refractivity contribution >= 4 is 23.2 Å². The van der Waals surface area contributed by atoms with Gasteiger partial charge in [0.2, 0.25) is 0 Å². The number of hydrogen-bond donors (Lipinski definition) is 1. The molecule has 1 amide bonds. The number of rotatable bonds is 4. The van der Waals surface area contributed by atoms with Crippen LogP contribution in [0, 0.1) is 18.6 Å². The summed E-state index contributed by atoms with van der Waals surface area (Å²) in [6.07, 6.45) is -0.183. The molecule has 0 fully saturated rings. The van der Waals surface area contributed by atoms with Crippen LogP contribution in [0.2, 0.25) is 5.02 Å². The van der Waals surface area contributed by atoms with Crippen LogP contribution in [0.4, 0.5) is 8.78 Å². The average Bonchev–Trinajstić information content (AvgIpc) is 3.13. The number of ether oxygens (including phenoxy) is 1. The molecule has 164 valence electrons. The zero-order valence-electron chi connectivity index (χ0n) is 17.3. The molecule has 4 rings (SSSR count). The fourth-order valence-corrected chi connectivity index (χ4v) is 3.78. The molecule has 3 aromatic rings. The summed E-state index contributed by atoms with van der Waals surface area (Å²) in [5, 5.41) is 16.6. The van der Waals surface area contributed by atoms with Gasteiger partial charge in [0.15, 0.2) is 23.1 Å². The van der Waals surface area contributed by atoms with Crippen LogP contribution in [0.3, 0.4) is 0 Å². The smallest absolute Gasteiger partial charge is 0.277 e. The van der Waals surface area contributed by atoms with Crippen LogP contribution < -0.4 is 4.74 Å². The van der Waals surface area contributed by atoms with E-state index in [2.05, 4.69) is 5.10 Å². The maximum Gasteiger partial charge on any atom is 0.277 e. The second-order valence-electron chi connectivity index (χ2n) is 7.47. The molecule has 1 heterocycles. The van der Waals surface area contributed by atoms with Crippen molar-refractivity contribution in [2.24, 2.45) is 5.10 Å². The molecule has 0 radical (unpaired) electrons. The van der Waals surface area contributed by atoms with Crippen LogP contribution in [-0.2, 0) is 5.72 Å². The molecular weight excluding hydrogens is 438 g/mol. The van der Waals surface area contributed by atoms with Crippen LogP contribution in [0.1, 0.15) is 33.5 Å². The highest BCUT2D eigenvalue weighted by atomic mass is 35.5. The Kier molecular flexibility index (Phi) is 5.71. The predicted octanol–water partition coefficient (Wildman–Crippen LogP) is 5.03. The number of amides is 1. The van der Waals surface area contributed by atoms with E-state index in [1.807, 2.05) is 6.92 Å². The van der Waals surface area contributed by atoms with E-state index in [9.17, 15) is 18.7 Å². The molecule has 1 aliphatic rings. The Morgan fingerprint density at radius 2 is 1.88 bits per heavy atom. The molecule has 0 aromatic heterocycles. The van der Waals surface area contributed by atoms with E-state index in [1.165, 1.54) is 31.4 Å². The Hall–Kier alpha value is -3.29. The summed E-state index contributed by atoms with van der Waals surface area (Å²) >= 11 is 5.91. The van der Waals surface area contributed by atoms with Gasteiger partial charge in [-0.1, -0.05) is 53.6 Å². The zero-order valence-corrected chi connectivity index (χ0v) is 18.0. The number of carbonyl (C=O) groups excluding carboxylic acids is 1. The summed E-state index contributed by atoms with van der Waals surface area (Å²) in [5.74, 6) is -2.22. The second kappa shape index (κ2) is 8.33. The number of hydrazone groups is 1. The van der Waals surface area contributed by atoms with Gasteiger partial charge in [0, 0.05) is 23.1 Å². The molecule has 0 bridgehead atoms. The summed E-state index contributed by atoms with van der Waals surface area (Å²) < 4.78 is 33.8. The van der Waals surface area contributed by atoms with Gasteiger partial charge in [-0.15, -0.1) is 0 Å². The van der Waals surface area contributed by atoms with Crippen LogP contribution in [0.5, 0.6) is 5.75 Å². The molecule has 1 N–H and O–H groups in total. The van der Waals surface area contributed by atoms with Gasteiger partial charge in [-0.3, -0.25) is 4.79 Å². The molecule has 1 aliphatic heterocycles. The molecule has 1 unspecified atom stereocenters. The van der Waals surface area contributed by atoms with Gasteiger partial charge in [-0.25, -0.2) is 8.78 Å². The lowest BCUT2D eigenvalue weighted by Gasteiger charge is -2.31. The third-order valence-corrected chi connectivity index (χ3v) is 5.64. The summed E-state index contributed by atoms with van der Waals surface area (Å²) in [6, 6.07) is 15.0. The third-order valence-electron chi connectivity index (χ3n) is 5.35. The van der Waals surface area contributed by atoms with Gasteiger partial charge in [0.05, 0.1) is 17.8 Å². The highest BCUT2D eigenvalue weighted by Gasteiger charge is 2.47. The number of aryl methyl sites for hydroxylation is 1. The number of methoxy groups -OCH3 is 1. The molecule has 0 aliphatic carbocycles. The van der Waals surface area contributed by atoms with Crippen LogP contribution in [0.25, 0.3) is 0 Å². The zero-order chi connectivity index (χ0) is 23.0. The maximum atomic E-state index is 14.7. The topological polar surface area (TPSA) is 62.1 Å². The molecule has 0 saturated carbocycles. The van der Waals surface area contributed by atoms with Crippen LogP contribution in [-0.4, -0.2) is 28.8 Å². The van der Waals surface area contributed by atoms with Crippen molar-refractivity contribution in [2.75, 3.05) is 7.11 Å². The summed E-state index contributed by atoms with van der Waals surface area (Å²) in [4.78, 5) is 13.3. The van der Waals surface area contributed by atoms with Gasteiger partial charge in [-0.05, 0) is 31.2 Å². The number of hydrogen-bond acceptors (Lipinski definition) is 4. The predicted molar refractivity (Wildman–Crippen MR) is 117 cm³/mol. The number of aliphatic hydroxyl groups is 1. The Bertz CT molecular complexity index is 1230. The first-order valence-corrected chi connectivity index (χ1v) is 10.1. The largest absolute Gasteiger partial charge is 0.494 e. The van der Waals surface area contributed by atoms with Crippen molar-refractivity contribution in [1.29, 1.82) is 0 Å². The van der Waals surface area contributed by atoms with Gasteiger partial charge in [-0.2, -0.15) is 10.1 Å². The number of carbonyl (C=O) groups is 1. The monoisotopic (exact) mass is 456 g/mol. The first-order valence-electron chi connectivity index (χ1n) is 9.74. The minimum Gasteiger partial charge on any atom is -0.494 e. The maximum absolute atomic E-state index is 14.7. The lowest BCUT2D eigenvalue weighted by Crippen LogP contribution is -2.43. The lowest BCUT2D eigenvalue weighted by molar-refractivity contribution is -0.0765. The van der Waals surface area contributed by atoms with E-state index in [0.717, 1.165) is 16.6 Å². The number of benzene rings is 3. The van der Waals surface area contributed by atoms with E-state index in [1.54, 1.807) is 30.3 Å². The minimum atomic E-state index is -1.91. The van der Waals surface area contributed by atoms with Crippen molar-refractivity contribution in [3.8, 4) is 5.75 Å². The van der Waals surface area contributed by atoms with E-state index in [-0.39, 0.29) is 34.0 Å². The standard InChI is InChI=1S/C24H19ClF2N2O3/c1-14-6-9-16(10-7-14)24(31)13-20(17-4-3-5-18(25)22(17)27)28-29(24)23(30)15-8-11-21(32-2)19(26)12-15/h3-12,31H,13H2,1-2H3. The third kappa shape index (κ3) is 3.74. The van der Waals surface area contributed by atoms with Gasteiger partial charge >= 0.3 is 0 Å². The summed E-state index contributed by atoms with van der Waals surface area (Å²) in [6.45, 7) is 1.88. The second-order valence-corrected chi connectivity index (χ2v) is 7.88. The van der Waals surface area contributed by atoms with Crippen molar-refractivity contribution in [3.63, 3.8) is 0 Å². The number of nitrogens with zero attached hydrogens (tertiary/aromatic N) is 2. The van der Waals surface area contributed by atoms with Crippen LogP contribution in [0.15, 0.2) is 65.8 Å². The highest BCUT2D eigenvalue weighted by Crippen LogP contribution is 2.39. The molecule has 0 saturated heterocycles. The Labute approximate surface area is 188 Å². The van der Waals surface area contributed by atoms with E-state index in [4.69, 9.17) is 16.3 Å². The first kappa shape index (κ1) is 21.9. The van der Waals surface area contributed by atoms with Crippen molar-refractivity contribution in [1.82, 2.24) is 5.01 Å². The fraction of sp³-hybridized carbons (Fsp3) is 0.167. The normalized spacial score (nSPS) is 17.9. The Morgan fingerprint density at radius 3 is 2.53 bits per heavy atom. The van der Waals surface area contributed by atoms with Gasteiger partial charge < -0.3 is 9.84 Å². The molecule has 1 atom stereocenters. The molecular formula is C24H19ClF2N2O3. The fourth-order valence-electron chi connectivity index (χ4n) is 3.60. The highest BCUT2D eigenvalue weighted by molar-refractivity contribution is 6.31. The molecule has 5 nitrogen and oxygen atoms in total. The average molecular weight is 457 g/mol. The van der Waals surface area contributed by atoms with Gasteiger partial charge in [0.25, 0.3) is 5.91 Å². The Balaban J connectivity index is 1.83.